The number of non-ortho nitro benzene ring substituents is 1. The van der Waals surface area contributed by atoms with Gasteiger partial charge in [0.2, 0.25) is 5.91 Å². The molecule has 3 rings (SSSR count). The quantitative estimate of drug-likeness (QED) is 0.613. The fraction of sp³-hybridized carbons (Fsp3) is 0.333. The topological polar surface area (TPSA) is 102 Å². The summed E-state index contributed by atoms with van der Waals surface area (Å²) in [5.74, 6) is -0.585. The van der Waals surface area contributed by atoms with Gasteiger partial charge in [0.25, 0.3) is 11.6 Å². The molecule has 1 aliphatic rings. The number of carbonyl (C=O) groups is 2. The predicted molar refractivity (Wildman–Crippen MR) is 109 cm³/mol. The molecule has 0 aliphatic carbocycles. The first kappa shape index (κ1) is 20.3. The van der Waals surface area contributed by atoms with Crippen molar-refractivity contribution in [1.82, 2.24) is 0 Å². The van der Waals surface area contributed by atoms with Crippen LogP contribution in [0.4, 0.5) is 17.1 Å². The summed E-state index contributed by atoms with van der Waals surface area (Å²) in [6.45, 7) is 7.26. The van der Waals surface area contributed by atoms with E-state index in [2.05, 4.69) is 5.32 Å². The molecule has 2 aromatic carbocycles. The van der Waals surface area contributed by atoms with E-state index in [1.807, 2.05) is 45.9 Å². The Bertz CT molecular complexity index is 966. The summed E-state index contributed by atoms with van der Waals surface area (Å²) in [7, 11) is 0. The highest BCUT2D eigenvalue weighted by molar-refractivity contribution is 6.06. The maximum absolute atomic E-state index is 13.0. The van der Waals surface area contributed by atoms with Gasteiger partial charge in [-0.25, -0.2) is 0 Å². The molecule has 8 heteroatoms. The van der Waals surface area contributed by atoms with Crippen LogP contribution in [0.15, 0.2) is 36.4 Å². The van der Waals surface area contributed by atoms with Crippen molar-refractivity contribution < 1.29 is 19.2 Å². The Morgan fingerprint density at radius 3 is 2.45 bits per heavy atom. The van der Waals surface area contributed by atoms with Crippen molar-refractivity contribution in [2.45, 2.75) is 33.8 Å². The zero-order chi connectivity index (χ0) is 21.3. The molecule has 152 valence electrons. The SMILES string of the molecule is Cc1cc(C)cc(NC(=O)CN2C(=O)C(C(C)C)Oc3ccc([N+](=O)[O-])cc32)c1. The zero-order valence-corrected chi connectivity index (χ0v) is 16.8. The van der Waals surface area contributed by atoms with Crippen LogP contribution < -0.4 is 15.0 Å². The number of nitro groups is 1. The van der Waals surface area contributed by atoms with Crippen molar-refractivity contribution in [3.63, 3.8) is 0 Å². The molecule has 1 aliphatic heterocycles. The van der Waals surface area contributed by atoms with Gasteiger partial charge in [-0.05, 0) is 49.1 Å². The molecule has 0 radical (unpaired) electrons. The lowest BCUT2D eigenvalue weighted by atomic mass is 10.0. The second-order valence-electron chi connectivity index (χ2n) is 7.54. The minimum atomic E-state index is -0.766. The number of nitro benzene ring substituents is 1. The molecule has 0 saturated heterocycles. The number of benzene rings is 2. The maximum atomic E-state index is 13.0. The molecule has 0 fully saturated rings. The Hall–Kier alpha value is -3.42. The molecule has 8 nitrogen and oxygen atoms in total. The van der Waals surface area contributed by atoms with Gasteiger partial charge in [-0.1, -0.05) is 19.9 Å². The number of rotatable bonds is 5. The van der Waals surface area contributed by atoms with Crippen molar-refractivity contribution in [1.29, 1.82) is 0 Å². The van der Waals surface area contributed by atoms with Gasteiger partial charge < -0.3 is 10.1 Å². The van der Waals surface area contributed by atoms with Crippen LogP contribution in [-0.4, -0.2) is 29.4 Å². The number of ether oxygens (including phenoxy) is 1. The van der Waals surface area contributed by atoms with E-state index in [9.17, 15) is 19.7 Å². The van der Waals surface area contributed by atoms with E-state index in [-0.39, 0.29) is 23.8 Å². The Balaban J connectivity index is 1.91. The number of amides is 2. The number of anilines is 2. The van der Waals surface area contributed by atoms with Crippen LogP contribution in [0.25, 0.3) is 0 Å². The van der Waals surface area contributed by atoms with E-state index in [0.717, 1.165) is 11.1 Å². The Morgan fingerprint density at radius 1 is 1.21 bits per heavy atom. The first-order valence-corrected chi connectivity index (χ1v) is 9.30. The van der Waals surface area contributed by atoms with Crippen molar-refractivity contribution >= 4 is 28.9 Å². The number of hydrogen-bond acceptors (Lipinski definition) is 5. The number of nitrogens with one attached hydrogen (secondary N) is 1. The van der Waals surface area contributed by atoms with Gasteiger partial charge >= 0.3 is 0 Å². The van der Waals surface area contributed by atoms with Gasteiger partial charge in [-0.3, -0.25) is 24.6 Å². The first-order valence-electron chi connectivity index (χ1n) is 9.30. The molecular formula is C21H23N3O5. The molecule has 29 heavy (non-hydrogen) atoms. The Kier molecular flexibility index (Phi) is 5.54. The molecule has 1 unspecified atom stereocenters. The first-order chi connectivity index (χ1) is 13.7. The Labute approximate surface area is 168 Å². The third-order valence-corrected chi connectivity index (χ3v) is 4.62. The fourth-order valence-corrected chi connectivity index (χ4v) is 3.36. The van der Waals surface area contributed by atoms with Crippen LogP contribution in [0, 0.1) is 29.9 Å². The molecule has 2 amide bonds. The van der Waals surface area contributed by atoms with E-state index >= 15 is 0 Å². The average Bonchev–Trinajstić information content (AvgIpc) is 2.62. The van der Waals surface area contributed by atoms with Gasteiger partial charge in [0.1, 0.15) is 12.3 Å². The van der Waals surface area contributed by atoms with Crippen molar-refractivity contribution in [3.05, 3.63) is 57.6 Å². The van der Waals surface area contributed by atoms with Crippen LogP contribution in [-0.2, 0) is 9.59 Å². The third kappa shape index (κ3) is 4.37. The summed E-state index contributed by atoms with van der Waals surface area (Å²) in [6.07, 6.45) is -0.766. The van der Waals surface area contributed by atoms with Gasteiger partial charge in [0.15, 0.2) is 6.10 Å². The van der Waals surface area contributed by atoms with E-state index in [1.165, 1.54) is 23.1 Å². The molecule has 0 saturated carbocycles. The highest BCUT2D eigenvalue weighted by atomic mass is 16.6. The lowest BCUT2D eigenvalue weighted by Crippen LogP contribution is -2.50. The number of nitrogens with zero attached hydrogens (tertiary/aromatic N) is 2. The zero-order valence-electron chi connectivity index (χ0n) is 16.8. The van der Waals surface area contributed by atoms with E-state index in [1.54, 1.807) is 0 Å². The summed E-state index contributed by atoms with van der Waals surface area (Å²) in [5.41, 5.74) is 2.68. The van der Waals surface area contributed by atoms with Crippen molar-refractivity contribution in [2.24, 2.45) is 5.92 Å². The molecule has 1 N–H and O–H groups in total. The second-order valence-corrected chi connectivity index (χ2v) is 7.54. The van der Waals surface area contributed by atoms with E-state index in [0.29, 0.717) is 11.4 Å². The van der Waals surface area contributed by atoms with E-state index in [4.69, 9.17) is 4.74 Å². The molecule has 1 atom stereocenters. The van der Waals surface area contributed by atoms with Crippen LogP contribution in [0.5, 0.6) is 5.75 Å². The monoisotopic (exact) mass is 397 g/mol. The van der Waals surface area contributed by atoms with Gasteiger partial charge in [0.05, 0.1) is 10.6 Å². The number of fused-ring (bicyclic) bond motifs is 1. The average molecular weight is 397 g/mol. The van der Waals surface area contributed by atoms with Crippen LogP contribution in [0.2, 0.25) is 0 Å². The summed E-state index contributed by atoms with van der Waals surface area (Å²) in [6, 6.07) is 9.70. The number of carbonyl (C=O) groups excluding carboxylic acids is 2. The second kappa shape index (κ2) is 7.90. The van der Waals surface area contributed by atoms with Crippen LogP contribution in [0.1, 0.15) is 25.0 Å². The predicted octanol–water partition coefficient (Wildman–Crippen LogP) is 3.60. The van der Waals surface area contributed by atoms with Crippen molar-refractivity contribution in [3.8, 4) is 5.75 Å². The van der Waals surface area contributed by atoms with Gasteiger partial charge in [-0.15, -0.1) is 0 Å². The minimum Gasteiger partial charge on any atom is -0.478 e. The molecule has 2 aromatic rings. The fourth-order valence-electron chi connectivity index (χ4n) is 3.36. The molecule has 1 heterocycles. The summed E-state index contributed by atoms with van der Waals surface area (Å²) in [5, 5.41) is 14.0. The largest absolute Gasteiger partial charge is 0.478 e. The normalized spacial score (nSPS) is 15.7. The molecule has 0 spiro atoms. The maximum Gasteiger partial charge on any atom is 0.271 e. The highest BCUT2D eigenvalue weighted by Crippen LogP contribution is 2.38. The number of hydrogen-bond donors (Lipinski definition) is 1. The molecule has 0 aromatic heterocycles. The lowest BCUT2D eigenvalue weighted by Gasteiger charge is -2.35. The van der Waals surface area contributed by atoms with Gasteiger partial charge in [-0.2, -0.15) is 0 Å². The molecular weight excluding hydrogens is 374 g/mol. The highest BCUT2D eigenvalue weighted by Gasteiger charge is 2.38. The van der Waals surface area contributed by atoms with E-state index < -0.39 is 22.8 Å². The van der Waals surface area contributed by atoms with Crippen molar-refractivity contribution in [2.75, 3.05) is 16.8 Å². The lowest BCUT2D eigenvalue weighted by molar-refractivity contribution is -0.384. The summed E-state index contributed by atoms with van der Waals surface area (Å²) < 4.78 is 5.76. The smallest absolute Gasteiger partial charge is 0.271 e. The van der Waals surface area contributed by atoms with Crippen LogP contribution in [0.3, 0.4) is 0 Å². The molecule has 0 bridgehead atoms. The summed E-state index contributed by atoms with van der Waals surface area (Å²) >= 11 is 0. The Morgan fingerprint density at radius 2 is 1.86 bits per heavy atom. The summed E-state index contributed by atoms with van der Waals surface area (Å²) in [4.78, 5) is 37.5. The third-order valence-electron chi connectivity index (χ3n) is 4.62. The number of aryl methyl sites for hydroxylation is 2. The minimum absolute atomic E-state index is 0.129. The van der Waals surface area contributed by atoms with Crippen LogP contribution >= 0.6 is 0 Å². The standard InChI is InChI=1S/C21H23N3O5/c1-12(2)20-21(26)23(17-10-16(24(27)28)5-6-18(17)29-20)11-19(25)22-15-8-13(3)7-14(4)9-15/h5-10,12,20H,11H2,1-4H3,(H,22,25). The van der Waals surface area contributed by atoms with Gasteiger partial charge in [0, 0.05) is 17.8 Å².